The van der Waals surface area contributed by atoms with Gasteiger partial charge in [-0.1, -0.05) is 18.2 Å². The second kappa shape index (κ2) is 6.37. The lowest BCUT2D eigenvalue weighted by atomic mass is 10.1. The second-order valence-electron chi connectivity index (χ2n) is 4.18. The van der Waals surface area contributed by atoms with Crippen molar-refractivity contribution in [3.8, 4) is 5.75 Å². The number of para-hydroxylation sites is 1. The van der Waals surface area contributed by atoms with Crippen molar-refractivity contribution in [1.29, 1.82) is 0 Å². The molecule has 0 bridgehead atoms. The number of nitrogens with one attached hydrogen (secondary N) is 1. The van der Waals surface area contributed by atoms with Gasteiger partial charge in [-0.15, -0.1) is 0 Å². The first-order valence-corrected chi connectivity index (χ1v) is 5.98. The number of carbonyl (C=O) groups excluding carboxylic acids is 1. The number of rotatable bonds is 4. The van der Waals surface area contributed by atoms with Crippen LogP contribution in [0.25, 0.3) is 0 Å². The Morgan fingerprint density at radius 1 is 1.39 bits per heavy atom. The van der Waals surface area contributed by atoms with Crippen LogP contribution < -0.4 is 5.32 Å². The molecule has 1 heterocycles. The molecule has 0 spiro atoms. The van der Waals surface area contributed by atoms with E-state index < -0.39 is 0 Å². The number of amides is 1. The summed E-state index contributed by atoms with van der Waals surface area (Å²) in [6, 6.07) is 6.82. The first kappa shape index (κ1) is 12.9. The van der Waals surface area contributed by atoms with Crippen LogP contribution in [0.5, 0.6) is 5.75 Å². The van der Waals surface area contributed by atoms with Gasteiger partial charge in [-0.2, -0.15) is 0 Å². The van der Waals surface area contributed by atoms with Crippen LogP contribution in [-0.2, 0) is 20.7 Å². The van der Waals surface area contributed by atoms with Crippen LogP contribution >= 0.6 is 0 Å². The number of ether oxygens (including phenoxy) is 2. The molecule has 2 rings (SSSR count). The quantitative estimate of drug-likeness (QED) is 0.816. The van der Waals surface area contributed by atoms with Gasteiger partial charge in [0.1, 0.15) is 5.75 Å². The molecule has 1 aliphatic heterocycles. The number of hydrogen-bond acceptors (Lipinski definition) is 4. The van der Waals surface area contributed by atoms with Gasteiger partial charge in [0.2, 0.25) is 5.91 Å². The highest BCUT2D eigenvalue weighted by Crippen LogP contribution is 2.15. The van der Waals surface area contributed by atoms with Crippen molar-refractivity contribution < 1.29 is 19.4 Å². The molecular weight excluding hydrogens is 234 g/mol. The van der Waals surface area contributed by atoms with Crippen LogP contribution in [0.1, 0.15) is 5.56 Å². The largest absolute Gasteiger partial charge is 0.508 e. The Labute approximate surface area is 106 Å². The number of aromatic hydroxyl groups is 1. The molecule has 5 nitrogen and oxygen atoms in total. The van der Waals surface area contributed by atoms with E-state index in [1.54, 1.807) is 24.3 Å². The van der Waals surface area contributed by atoms with Crippen molar-refractivity contribution in [2.45, 2.75) is 12.5 Å². The smallest absolute Gasteiger partial charge is 0.224 e. The molecule has 1 aromatic carbocycles. The van der Waals surface area contributed by atoms with E-state index in [1.807, 2.05) is 0 Å². The molecular formula is C13H17NO4. The molecule has 0 aliphatic carbocycles. The summed E-state index contributed by atoms with van der Waals surface area (Å²) in [6.07, 6.45) is 0.0901. The molecule has 0 aromatic heterocycles. The summed E-state index contributed by atoms with van der Waals surface area (Å²) in [5, 5.41) is 12.3. The Morgan fingerprint density at radius 2 is 2.22 bits per heavy atom. The lowest BCUT2D eigenvalue weighted by molar-refractivity contribution is -0.123. The van der Waals surface area contributed by atoms with Crippen LogP contribution in [0, 0.1) is 0 Å². The zero-order chi connectivity index (χ0) is 12.8. The average Bonchev–Trinajstić information content (AvgIpc) is 2.40. The highest BCUT2D eigenvalue weighted by Gasteiger charge is 2.15. The Hall–Kier alpha value is -1.59. The van der Waals surface area contributed by atoms with Crippen LogP contribution in [0.2, 0.25) is 0 Å². The summed E-state index contributed by atoms with van der Waals surface area (Å²) < 4.78 is 10.6. The monoisotopic (exact) mass is 251 g/mol. The number of hydrogen-bond donors (Lipinski definition) is 2. The number of phenols is 1. The van der Waals surface area contributed by atoms with E-state index in [2.05, 4.69) is 5.32 Å². The standard InChI is InChI=1S/C13H17NO4/c15-12-4-2-1-3-10(12)7-13(16)14-8-11-9-17-5-6-18-11/h1-4,11,15H,5-9H2,(H,14,16). The maximum absolute atomic E-state index is 11.7. The molecule has 1 aromatic rings. The SMILES string of the molecule is O=C(Cc1ccccc1O)NCC1COCCO1. The van der Waals surface area contributed by atoms with Crippen molar-refractivity contribution in [1.82, 2.24) is 5.32 Å². The molecule has 5 heteroatoms. The van der Waals surface area contributed by atoms with Gasteiger partial charge < -0.3 is 19.9 Å². The molecule has 1 saturated heterocycles. The summed E-state index contributed by atoms with van der Waals surface area (Å²) in [5.41, 5.74) is 0.621. The maximum Gasteiger partial charge on any atom is 0.224 e. The van der Waals surface area contributed by atoms with Gasteiger partial charge in [-0.05, 0) is 6.07 Å². The van der Waals surface area contributed by atoms with Crippen LogP contribution in [0.15, 0.2) is 24.3 Å². The summed E-state index contributed by atoms with van der Waals surface area (Å²) in [6.45, 7) is 2.13. The Balaban J connectivity index is 1.76. The van der Waals surface area contributed by atoms with Gasteiger partial charge in [-0.25, -0.2) is 0 Å². The molecule has 1 atom stereocenters. The van der Waals surface area contributed by atoms with E-state index in [1.165, 1.54) is 0 Å². The third kappa shape index (κ3) is 3.72. The fraction of sp³-hybridized carbons (Fsp3) is 0.462. The Kier molecular flexibility index (Phi) is 4.55. The van der Waals surface area contributed by atoms with Crippen LogP contribution in [-0.4, -0.2) is 43.5 Å². The van der Waals surface area contributed by atoms with Crippen LogP contribution in [0.3, 0.4) is 0 Å². The van der Waals surface area contributed by atoms with Gasteiger partial charge in [0.25, 0.3) is 0 Å². The molecule has 98 valence electrons. The Bertz CT molecular complexity index is 402. The lowest BCUT2D eigenvalue weighted by Crippen LogP contribution is -2.40. The molecule has 1 amide bonds. The molecule has 1 aliphatic rings. The van der Waals surface area contributed by atoms with Crippen LogP contribution in [0.4, 0.5) is 0 Å². The number of benzene rings is 1. The lowest BCUT2D eigenvalue weighted by Gasteiger charge is -2.23. The Morgan fingerprint density at radius 3 is 2.94 bits per heavy atom. The molecule has 0 saturated carbocycles. The fourth-order valence-corrected chi connectivity index (χ4v) is 1.78. The zero-order valence-electron chi connectivity index (χ0n) is 10.1. The van der Waals surface area contributed by atoms with E-state index in [0.29, 0.717) is 31.9 Å². The average molecular weight is 251 g/mol. The van der Waals surface area contributed by atoms with Crippen molar-refractivity contribution >= 4 is 5.91 Å². The highest BCUT2D eigenvalue weighted by molar-refractivity contribution is 5.79. The number of phenolic OH excluding ortho intramolecular Hbond substituents is 1. The van der Waals surface area contributed by atoms with E-state index >= 15 is 0 Å². The predicted octanol–water partition coefficient (Wildman–Crippen LogP) is 0.466. The molecule has 2 N–H and O–H groups in total. The van der Waals surface area contributed by atoms with Gasteiger partial charge in [0.05, 0.1) is 32.3 Å². The number of carbonyl (C=O) groups is 1. The molecule has 18 heavy (non-hydrogen) atoms. The predicted molar refractivity (Wildman–Crippen MR) is 65.4 cm³/mol. The highest BCUT2D eigenvalue weighted by atomic mass is 16.6. The third-order valence-corrected chi connectivity index (χ3v) is 2.75. The van der Waals surface area contributed by atoms with Crippen molar-refractivity contribution in [3.05, 3.63) is 29.8 Å². The van der Waals surface area contributed by atoms with Gasteiger partial charge in [0.15, 0.2) is 0 Å². The summed E-state index contributed by atoms with van der Waals surface area (Å²) in [5.74, 6) is 0.00979. The van der Waals surface area contributed by atoms with Crippen molar-refractivity contribution in [3.63, 3.8) is 0 Å². The van der Waals surface area contributed by atoms with E-state index in [-0.39, 0.29) is 24.2 Å². The van der Waals surface area contributed by atoms with Gasteiger partial charge >= 0.3 is 0 Å². The summed E-state index contributed by atoms with van der Waals surface area (Å²) in [7, 11) is 0. The first-order chi connectivity index (χ1) is 8.75. The van der Waals surface area contributed by atoms with E-state index in [9.17, 15) is 9.90 Å². The summed E-state index contributed by atoms with van der Waals surface area (Å²) in [4.78, 5) is 11.7. The zero-order valence-corrected chi connectivity index (χ0v) is 10.1. The minimum absolute atomic E-state index is 0.0768. The van der Waals surface area contributed by atoms with Crippen molar-refractivity contribution in [2.24, 2.45) is 0 Å². The first-order valence-electron chi connectivity index (χ1n) is 5.98. The van der Waals surface area contributed by atoms with E-state index in [4.69, 9.17) is 9.47 Å². The minimum atomic E-state index is -0.134. The van der Waals surface area contributed by atoms with Crippen molar-refractivity contribution in [2.75, 3.05) is 26.4 Å². The molecule has 1 fully saturated rings. The third-order valence-electron chi connectivity index (χ3n) is 2.75. The second-order valence-corrected chi connectivity index (χ2v) is 4.18. The van der Waals surface area contributed by atoms with E-state index in [0.717, 1.165) is 0 Å². The molecule has 1 unspecified atom stereocenters. The summed E-state index contributed by atoms with van der Waals surface area (Å²) >= 11 is 0. The van der Waals surface area contributed by atoms with Gasteiger partial charge in [0, 0.05) is 12.1 Å². The fourth-order valence-electron chi connectivity index (χ4n) is 1.78. The maximum atomic E-state index is 11.7. The normalized spacial score (nSPS) is 19.4. The topological polar surface area (TPSA) is 67.8 Å². The van der Waals surface area contributed by atoms with Gasteiger partial charge in [-0.3, -0.25) is 4.79 Å². The minimum Gasteiger partial charge on any atom is -0.508 e. The molecule has 0 radical (unpaired) electrons.